The Bertz CT molecular complexity index is 690. The zero-order chi connectivity index (χ0) is 15.7. The molecular formula is C15H16ClF2N3OS. The second kappa shape index (κ2) is 7.33. The average molecular weight is 360 g/mol. The summed E-state index contributed by atoms with van der Waals surface area (Å²) in [4.78, 5) is 18.2. The van der Waals surface area contributed by atoms with Crippen LogP contribution in [-0.4, -0.2) is 41.5 Å². The zero-order valence-corrected chi connectivity index (χ0v) is 14.0. The standard InChI is InChI=1S/C15H15F2N3OS.ClH/c1-9-7-20(6-5-18-9)15(21)12-8-22-14(19-12)13-10(16)3-2-4-11(13)17;/h2-4,8-9,18H,5-7H2,1H3;1H. The summed E-state index contributed by atoms with van der Waals surface area (Å²) < 4.78 is 27.6. The van der Waals surface area contributed by atoms with E-state index in [1.807, 2.05) is 6.92 Å². The fourth-order valence-electron chi connectivity index (χ4n) is 2.47. The quantitative estimate of drug-likeness (QED) is 0.896. The summed E-state index contributed by atoms with van der Waals surface area (Å²) in [6, 6.07) is 3.88. The summed E-state index contributed by atoms with van der Waals surface area (Å²) in [5, 5.41) is 4.99. The van der Waals surface area contributed by atoms with Gasteiger partial charge >= 0.3 is 0 Å². The van der Waals surface area contributed by atoms with Crippen LogP contribution in [0, 0.1) is 11.6 Å². The van der Waals surface area contributed by atoms with Gasteiger partial charge in [0.1, 0.15) is 22.3 Å². The lowest BCUT2D eigenvalue weighted by molar-refractivity contribution is 0.0704. The number of nitrogens with one attached hydrogen (secondary N) is 1. The molecule has 124 valence electrons. The number of hydrogen-bond donors (Lipinski definition) is 1. The molecule has 1 aliphatic rings. The van der Waals surface area contributed by atoms with E-state index in [0.29, 0.717) is 13.1 Å². The van der Waals surface area contributed by atoms with Crippen LogP contribution in [0.1, 0.15) is 17.4 Å². The van der Waals surface area contributed by atoms with Crippen LogP contribution in [0.4, 0.5) is 8.78 Å². The van der Waals surface area contributed by atoms with Gasteiger partial charge in [-0.15, -0.1) is 23.7 Å². The lowest BCUT2D eigenvalue weighted by Gasteiger charge is -2.31. The molecule has 1 fully saturated rings. The maximum Gasteiger partial charge on any atom is 0.273 e. The van der Waals surface area contributed by atoms with Gasteiger partial charge in [-0.05, 0) is 19.1 Å². The van der Waals surface area contributed by atoms with Gasteiger partial charge in [0.05, 0.1) is 5.56 Å². The molecule has 0 radical (unpaired) electrons. The van der Waals surface area contributed by atoms with Crippen molar-refractivity contribution in [2.24, 2.45) is 0 Å². The van der Waals surface area contributed by atoms with Crippen molar-refractivity contribution in [3.8, 4) is 10.6 Å². The summed E-state index contributed by atoms with van der Waals surface area (Å²) in [5.74, 6) is -1.55. The normalized spacial score (nSPS) is 17.7. The molecule has 1 aromatic carbocycles. The van der Waals surface area contributed by atoms with Crippen LogP contribution in [0.3, 0.4) is 0 Å². The molecule has 8 heteroatoms. The van der Waals surface area contributed by atoms with Crippen molar-refractivity contribution in [1.29, 1.82) is 0 Å². The molecule has 1 aromatic heterocycles. The van der Waals surface area contributed by atoms with Gasteiger partial charge in [-0.2, -0.15) is 0 Å². The molecule has 0 aliphatic carbocycles. The maximum absolute atomic E-state index is 13.8. The molecule has 4 nitrogen and oxygen atoms in total. The molecule has 1 atom stereocenters. The average Bonchev–Trinajstić information content (AvgIpc) is 2.96. The first-order valence-corrected chi connectivity index (χ1v) is 7.87. The number of rotatable bonds is 2. The first-order chi connectivity index (χ1) is 10.6. The van der Waals surface area contributed by atoms with Crippen LogP contribution in [0.2, 0.25) is 0 Å². The van der Waals surface area contributed by atoms with E-state index >= 15 is 0 Å². The van der Waals surface area contributed by atoms with Crippen molar-refractivity contribution in [2.75, 3.05) is 19.6 Å². The minimum atomic E-state index is -0.677. The first kappa shape index (κ1) is 17.8. The van der Waals surface area contributed by atoms with E-state index in [1.165, 1.54) is 18.2 Å². The fourth-order valence-corrected chi connectivity index (χ4v) is 3.31. The highest BCUT2D eigenvalue weighted by atomic mass is 35.5. The van der Waals surface area contributed by atoms with Gasteiger partial charge in [-0.25, -0.2) is 13.8 Å². The van der Waals surface area contributed by atoms with Crippen LogP contribution >= 0.6 is 23.7 Å². The third-order valence-corrected chi connectivity index (χ3v) is 4.42. The lowest BCUT2D eigenvalue weighted by atomic mass is 10.2. The first-order valence-electron chi connectivity index (χ1n) is 6.99. The molecule has 1 N–H and O–H groups in total. The Morgan fingerprint density at radius 3 is 2.74 bits per heavy atom. The monoisotopic (exact) mass is 359 g/mol. The predicted molar refractivity (Wildman–Crippen MR) is 88.1 cm³/mol. The summed E-state index contributed by atoms with van der Waals surface area (Å²) in [6.45, 7) is 3.93. The van der Waals surface area contributed by atoms with Gasteiger partial charge < -0.3 is 10.2 Å². The van der Waals surface area contributed by atoms with Crippen molar-refractivity contribution in [1.82, 2.24) is 15.2 Å². The molecule has 1 unspecified atom stereocenters. The Morgan fingerprint density at radius 1 is 1.39 bits per heavy atom. The Morgan fingerprint density at radius 2 is 2.09 bits per heavy atom. The van der Waals surface area contributed by atoms with E-state index in [2.05, 4.69) is 10.3 Å². The molecule has 23 heavy (non-hydrogen) atoms. The maximum atomic E-state index is 13.8. The molecule has 1 saturated heterocycles. The summed E-state index contributed by atoms with van der Waals surface area (Å²) in [7, 11) is 0. The van der Waals surface area contributed by atoms with Crippen LogP contribution in [-0.2, 0) is 0 Å². The molecule has 3 rings (SSSR count). The van der Waals surface area contributed by atoms with Crippen molar-refractivity contribution < 1.29 is 13.6 Å². The van der Waals surface area contributed by atoms with E-state index in [9.17, 15) is 13.6 Å². The third-order valence-electron chi connectivity index (χ3n) is 3.56. The van der Waals surface area contributed by atoms with Gasteiger partial charge in [-0.1, -0.05) is 6.07 Å². The zero-order valence-electron chi connectivity index (χ0n) is 12.4. The third kappa shape index (κ3) is 3.68. The van der Waals surface area contributed by atoms with Gasteiger partial charge in [0, 0.05) is 31.1 Å². The molecule has 1 amide bonds. The minimum absolute atomic E-state index is 0. The largest absolute Gasteiger partial charge is 0.334 e. The van der Waals surface area contributed by atoms with Gasteiger partial charge in [-0.3, -0.25) is 4.79 Å². The van der Waals surface area contributed by atoms with E-state index in [-0.39, 0.29) is 40.6 Å². The fraction of sp³-hybridized carbons (Fsp3) is 0.333. The number of aromatic nitrogens is 1. The number of amides is 1. The molecule has 0 saturated carbocycles. The highest BCUT2D eigenvalue weighted by molar-refractivity contribution is 7.13. The molecule has 1 aliphatic heterocycles. The van der Waals surface area contributed by atoms with Crippen molar-refractivity contribution in [3.05, 3.63) is 40.9 Å². The Hall–Kier alpha value is -1.57. The SMILES string of the molecule is CC1CN(C(=O)c2csc(-c3c(F)cccc3F)n2)CCN1.Cl. The second-order valence-corrected chi connectivity index (χ2v) is 6.10. The van der Waals surface area contributed by atoms with Gasteiger partial charge in [0.15, 0.2) is 0 Å². The van der Waals surface area contributed by atoms with Crippen LogP contribution in [0.25, 0.3) is 10.6 Å². The minimum Gasteiger partial charge on any atom is -0.334 e. The number of benzene rings is 1. The van der Waals surface area contributed by atoms with Crippen molar-refractivity contribution >= 4 is 29.7 Å². The summed E-state index contributed by atoms with van der Waals surface area (Å²) >= 11 is 1.07. The summed E-state index contributed by atoms with van der Waals surface area (Å²) in [6.07, 6.45) is 0. The van der Waals surface area contributed by atoms with Gasteiger partial charge in [0.25, 0.3) is 5.91 Å². The Kier molecular flexibility index (Phi) is 5.67. The molecule has 0 bridgehead atoms. The molecule has 0 spiro atoms. The van der Waals surface area contributed by atoms with Gasteiger partial charge in [0.2, 0.25) is 0 Å². The van der Waals surface area contributed by atoms with E-state index < -0.39 is 11.6 Å². The number of hydrogen-bond acceptors (Lipinski definition) is 4. The number of piperazine rings is 1. The molecular weight excluding hydrogens is 344 g/mol. The number of carbonyl (C=O) groups excluding carboxylic acids is 1. The molecule has 2 aromatic rings. The Balaban J connectivity index is 0.00000192. The van der Waals surface area contributed by atoms with Crippen molar-refractivity contribution in [2.45, 2.75) is 13.0 Å². The lowest BCUT2D eigenvalue weighted by Crippen LogP contribution is -2.51. The topological polar surface area (TPSA) is 45.2 Å². The second-order valence-electron chi connectivity index (χ2n) is 5.24. The highest BCUT2D eigenvalue weighted by Crippen LogP contribution is 2.29. The highest BCUT2D eigenvalue weighted by Gasteiger charge is 2.24. The predicted octanol–water partition coefficient (Wildman–Crippen LogP) is 2.94. The Labute approximate surface area is 142 Å². The number of thiazole rings is 1. The van der Waals surface area contributed by atoms with E-state index in [1.54, 1.807) is 10.3 Å². The van der Waals surface area contributed by atoms with Crippen LogP contribution < -0.4 is 5.32 Å². The number of nitrogens with zero attached hydrogens (tertiary/aromatic N) is 2. The molecule has 2 heterocycles. The van der Waals surface area contributed by atoms with Crippen LogP contribution in [0.15, 0.2) is 23.6 Å². The van der Waals surface area contributed by atoms with Crippen molar-refractivity contribution in [3.63, 3.8) is 0 Å². The summed E-state index contributed by atoms with van der Waals surface area (Å²) in [5.41, 5.74) is 0.0528. The number of carbonyl (C=O) groups is 1. The van der Waals surface area contributed by atoms with E-state index in [4.69, 9.17) is 0 Å². The number of halogens is 3. The smallest absolute Gasteiger partial charge is 0.273 e. The van der Waals surface area contributed by atoms with E-state index in [0.717, 1.165) is 17.9 Å². The van der Waals surface area contributed by atoms with Crippen LogP contribution in [0.5, 0.6) is 0 Å².